The lowest BCUT2D eigenvalue weighted by atomic mass is 9.97. The number of aliphatic hydroxyl groups excluding tert-OH is 1. The normalized spacial score (nSPS) is 19.0. The molecule has 5 nitrogen and oxygen atoms in total. The number of benzene rings is 1. The number of halogens is 2. The van der Waals surface area contributed by atoms with Crippen LogP contribution in [0.5, 0.6) is 5.75 Å². The highest BCUT2D eigenvalue weighted by atomic mass is 19.1. The number of pyridine rings is 1. The lowest BCUT2D eigenvalue weighted by molar-refractivity contribution is 0.0862. The zero-order valence-electron chi connectivity index (χ0n) is 16.1. The van der Waals surface area contributed by atoms with E-state index in [1.807, 2.05) is 0 Å². The van der Waals surface area contributed by atoms with Crippen molar-refractivity contribution in [2.24, 2.45) is 5.92 Å². The van der Waals surface area contributed by atoms with Gasteiger partial charge in [-0.3, -0.25) is 9.20 Å². The van der Waals surface area contributed by atoms with Crippen molar-refractivity contribution in [1.82, 2.24) is 9.38 Å². The molecule has 4 rings (SSSR count). The molecule has 0 saturated heterocycles. The zero-order chi connectivity index (χ0) is 20.5. The first-order valence-electron chi connectivity index (χ1n) is 9.70. The first-order valence-corrected chi connectivity index (χ1v) is 9.70. The number of hydrogen-bond donors (Lipinski definition) is 1. The summed E-state index contributed by atoms with van der Waals surface area (Å²) >= 11 is 0. The molecule has 29 heavy (non-hydrogen) atoms. The number of hydrogen-bond acceptors (Lipinski definition) is 4. The predicted octanol–water partition coefficient (Wildman–Crippen LogP) is 4.23. The molecule has 2 aromatic heterocycles. The number of carbonyl (C=O) groups excluding carboxylic acids is 1. The molecule has 1 saturated carbocycles. The molecule has 0 radical (unpaired) electrons. The van der Waals surface area contributed by atoms with Gasteiger partial charge in [0.15, 0.2) is 17.2 Å². The van der Waals surface area contributed by atoms with E-state index < -0.39 is 17.7 Å². The van der Waals surface area contributed by atoms with Crippen molar-refractivity contribution in [3.63, 3.8) is 0 Å². The smallest absolute Gasteiger partial charge is 0.181 e. The topological polar surface area (TPSA) is 63.8 Å². The van der Waals surface area contributed by atoms with Crippen LogP contribution in [0.15, 0.2) is 36.5 Å². The van der Waals surface area contributed by atoms with Gasteiger partial charge in [0, 0.05) is 12.6 Å². The van der Waals surface area contributed by atoms with Crippen molar-refractivity contribution in [2.45, 2.75) is 45.3 Å². The molecule has 1 aliphatic rings. The fraction of sp³-hybridized carbons (Fsp3) is 0.364. The number of Topliss-reactive ketones (excluding diaryl/α,β-unsaturated/α-hetero) is 1. The van der Waals surface area contributed by atoms with Crippen LogP contribution in [0.4, 0.5) is 8.78 Å². The Bertz CT molecular complexity index is 1040. The maximum absolute atomic E-state index is 13.9. The van der Waals surface area contributed by atoms with Crippen molar-refractivity contribution < 1.29 is 23.4 Å². The van der Waals surface area contributed by atoms with Gasteiger partial charge in [0.2, 0.25) is 0 Å². The molecule has 0 bridgehead atoms. The lowest BCUT2D eigenvalue weighted by Crippen LogP contribution is -2.18. The van der Waals surface area contributed by atoms with E-state index in [2.05, 4.69) is 4.98 Å². The Morgan fingerprint density at radius 1 is 1.24 bits per heavy atom. The van der Waals surface area contributed by atoms with Crippen molar-refractivity contribution >= 4 is 11.4 Å². The van der Waals surface area contributed by atoms with Crippen molar-refractivity contribution in [1.29, 1.82) is 0 Å². The van der Waals surface area contributed by atoms with Crippen LogP contribution in [0.25, 0.3) is 5.65 Å². The summed E-state index contributed by atoms with van der Waals surface area (Å²) in [5.74, 6) is -1.14. The average Bonchev–Trinajstić information content (AvgIpc) is 3.23. The number of ether oxygens (including phenoxy) is 1. The van der Waals surface area contributed by atoms with Gasteiger partial charge in [-0.05, 0) is 49.9 Å². The Hall–Kier alpha value is -2.80. The largest absolute Gasteiger partial charge is 0.485 e. The minimum atomic E-state index is -0.678. The summed E-state index contributed by atoms with van der Waals surface area (Å²) in [5, 5.41) is 10.0. The number of aryl methyl sites for hydroxylation is 1. The Balaban J connectivity index is 1.61. The van der Waals surface area contributed by atoms with Crippen LogP contribution in [-0.4, -0.2) is 26.4 Å². The molecule has 7 heteroatoms. The molecule has 2 heterocycles. The standard InChI is InChI=1S/C22H22F2N2O3/c1-13-21(19(28)11-14-5-2-8-18(14)27)26-10-4-9-20(22(26)25-13)29-12-15-16(23)6-3-7-17(15)24/h3-4,6-7,9-10,14,18,27H,2,5,8,11-12H2,1H3/t14-,18+/m1/s1. The summed E-state index contributed by atoms with van der Waals surface area (Å²) in [6.45, 7) is 1.45. The molecule has 3 aromatic rings. The number of aromatic nitrogens is 2. The lowest BCUT2D eigenvalue weighted by Gasteiger charge is -2.13. The Morgan fingerprint density at radius 3 is 2.69 bits per heavy atom. The van der Waals surface area contributed by atoms with E-state index in [4.69, 9.17) is 4.74 Å². The summed E-state index contributed by atoms with van der Waals surface area (Å²) in [6, 6.07) is 7.00. The van der Waals surface area contributed by atoms with Crippen LogP contribution >= 0.6 is 0 Å². The second-order valence-corrected chi connectivity index (χ2v) is 7.49. The molecule has 0 spiro atoms. The molecule has 1 fully saturated rings. The minimum Gasteiger partial charge on any atom is -0.485 e. The van der Waals surface area contributed by atoms with Gasteiger partial charge in [0.05, 0.1) is 17.4 Å². The summed E-state index contributed by atoms with van der Waals surface area (Å²) < 4.78 is 35.0. The number of imidazole rings is 1. The highest BCUT2D eigenvalue weighted by molar-refractivity contribution is 5.97. The van der Waals surface area contributed by atoms with Gasteiger partial charge >= 0.3 is 0 Å². The van der Waals surface area contributed by atoms with Gasteiger partial charge in [0.25, 0.3) is 0 Å². The van der Waals surface area contributed by atoms with Crippen molar-refractivity contribution in [3.8, 4) is 5.75 Å². The minimum absolute atomic E-state index is 0.0316. The molecular formula is C22H22F2N2O3. The zero-order valence-corrected chi connectivity index (χ0v) is 16.1. The van der Waals surface area contributed by atoms with E-state index >= 15 is 0 Å². The summed E-state index contributed by atoms with van der Waals surface area (Å²) in [4.78, 5) is 17.4. The van der Waals surface area contributed by atoms with Gasteiger partial charge in [0.1, 0.15) is 23.9 Å². The van der Waals surface area contributed by atoms with E-state index in [0.717, 1.165) is 19.3 Å². The SMILES string of the molecule is Cc1nc2c(OCc3c(F)cccc3F)cccn2c1C(=O)C[C@H]1CCC[C@@H]1O. The first kappa shape index (κ1) is 19.5. The first-order chi connectivity index (χ1) is 14.0. The number of ketones is 1. The van der Waals surface area contributed by atoms with Crippen LogP contribution in [0, 0.1) is 24.5 Å². The number of fused-ring (bicyclic) bond motifs is 1. The van der Waals surface area contributed by atoms with Gasteiger partial charge in [-0.1, -0.05) is 12.5 Å². The van der Waals surface area contributed by atoms with Crippen LogP contribution in [0.2, 0.25) is 0 Å². The third-order valence-electron chi connectivity index (χ3n) is 5.55. The third-order valence-corrected chi connectivity index (χ3v) is 5.55. The third kappa shape index (κ3) is 3.74. The summed E-state index contributed by atoms with van der Waals surface area (Å²) in [6.07, 6.45) is 4.04. The fourth-order valence-electron chi connectivity index (χ4n) is 4.01. The maximum Gasteiger partial charge on any atom is 0.181 e. The van der Waals surface area contributed by atoms with E-state index in [1.54, 1.807) is 29.7 Å². The quantitative estimate of drug-likeness (QED) is 0.629. The molecule has 0 amide bonds. The van der Waals surface area contributed by atoms with Crippen LogP contribution in [-0.2, 0) is 6.61 Å². The monoisotopic (exact) mass is 400 g/mol. The fourth-order valence-corrected chi connectivity index (χ4v) is 4.01. The van der Waals surface area contributed by atoms with Crippen LogP contribution in [0.1, 0.15) is 47.4 Å². The number of rotatable bonds is 6. The molecular weight excluding hydrogens is 378 g/mol. The second-order valence-electron chi connectivity index (χ2n) is 7.49. The number of nitrogens with zero attached hydrogens (tertiary/aromatic N) is 2. The Morgan fingerprint density at radius 2 is 2.00 bits per heavy atom. The Labute approximate surface area is 167 Å². The molecule has 0 unspecified atom stereocenters. The van der Waals surface area contributed by atoms with E-state index in [-0.39, 0.29) is 30.3 Å². The Kier molecular flexibility index (Phi) is 5.32. The van der Waals surface area contributed by atoms with Crippen LogP contribution < -0.4 is 4.74 Å². The van der Waals surface area contributed by atoms with E-state index in [1.165, 1.54) is 18.2 Å². The van der Waals surface area contributed by atoms with Crippen molar-refractivity contribution in [3.05, 3.63) is 65.1 Å². The molecule has 2 atom stereocenters. The molecule has 152 valence electrons. The molecule has 1 N–H and O–H groups in total. The molecule has 1 aliphatic carbocycles. The highest BCUT2D eigenvalue weighted by Gasteiger charge is 2.29. The van der Waals surface area contributed by atoms with Gasteiger partial charge in [-0.2, -0.15) is 0 Å². The maximum atomic E-state index is 13.9. The van der Waals surface area contributed by atoms with Crippen molar-refractivity contribution in [2.75, 3.05) is 0 Å². The summed E-state index contributed by atoms with van der Waals surface area (Å²) in [5.41, 5.74) is 1.25. The predicted molar refractivity (Wildman–Crippen MR) is 103 cm³/mol. The number of aliphatic hydroxyl groups is 1. The highest BCUT2D eigenvalue weighted by Crippen LogP contribution is 2.31. The van der Waals surface area contributed by atoms with Gasteiger partial charge in [-0.15, -0.1) is 0 Å². The summed E-state index contributed by atoms with van der Waals surface area (Å²) in [7, 11) is 0. The van der Waals surface area contributed by atoms with Gasteiger partial charge in [-0.25, -0.2) is 13.8 Å². The van der Waals surface area contributed by atoms with Gasteiger partial charge < -0.3 is 9.84 Å². The van der Waals surface area contributed by atoms with E-state index in [9.17, 15) is 18.7 Å². The van der Waals surface area contributed by atoms with Crippen LogP contribution in [0.3, 0.4) is 0 Å². The molecule has 1 aromatic carbocycles. The second kappa shape index (κ2) is 7.91. The number of carbonyl (C=O) groups is 1. The molecule has 0 aliphatic heterocycles. The van der Waals surface area contributed by atoms with E-state index in [0.29, 0.717) is 22.8 Å². The average molecular weight is 400 g/mol.